The van der Waals surface area contributed by atoms with Crippen molar-refractivity contribution in [1.82, 2.24) is 0 Å². The summed E-state index contributed by atoms with van der Waals surface area (Å²) in [6.45, 7) is 4.31. The van der Waals surface area contributed by atoms with Crippen molar-refractivity contribution in [2.75, 3.05) is 64.3 Å². The van der Waals surface area contributed by atoms with E-state index in [-0.39, 0.29) is 15.8 Å². The quantitative estimate of drug-likeness (QED) is 0.715. The standard InChI is InChI=1S/C22H30O3P2/c1-3-7-21(8-4-1)26-17-15-24-13-11-23-12-14-25-16-18-27(20-19-26)22-9-5-2-6-10-22/h1-10H,11-20H2/t26-,27-/m0/s1. The summed E-state index contributed by atoms with van der Waals surface area (Å²) in [4.78, 5) is 0. The van der Waals surface area contributed by atoms with Crippen LogP contribution in [0.2, 0.25) is 0 Å². The maximum Gasteiger partial charge on any atom is 0.0701 e. The monoisotopic (exact) mass is 404 g/mol. The zero-order valence-electron chi connectivity index (χ0n) is 16.0. The Morgan fingerprint density at radius 3 is 1.22 bits per heavy atom. The van der Waals surface area contributed by atoms with Gasteiger partial charge in [0.2, 0.25) is 0 Å². The highest BCUT2D eigenvalue weighted by Gasteiger charge is 2.16. The second-order valence-corrected chi connectivity index (χ2v) is 11.5. The molecule has 0 spiro atoms. The van der Waals surface area contributed by atoms with E-state index in [0.717, 1.165) is 25.5 Å². The maximum absolute atomic E-state index is 5.83. The lowest BCUT2D eigenvalue weighted by atomic mass is 10.4. The number of hydrogen-bond acceptors (Lipinski definition) is 3. The molecule has 2 atom stereocenters. The first-order valence-electron chi connectivity index (χ1n) is 9.77. The highest BCUT2D eigenvalue weighted by Crippen LogP contribution is 2.41. The summed E-state index contributed by atoms with van der Waals surface area (Å²) in [5.41, 5.74) is 0. The lowest BCUT2D eigenvalue weighted by Gasteiger charge is -2.23. The van der Waals surface area contributed by atoms with Crippen LogP contribution in [0.1, 0.15) is 0 Å². The van der Waals surface area contributed by atoms with Crippen LogP contribution in [0, 0.1) is 0 Å². The van der Waals surface area contributed by atoms with Gasteiger partial charge in [0.25, 0.3) is 0 Å². The first-order chi connectivity index (χ1) is 13.4. The van der Waals surface area contributed by atoms with Crippen LogP contribution < -0.4 is 10.6 Å². The van der Waals surface area contributed by atoms with Crippen molar-refractivity contribution in [3.63, 3.8) is 0 Å². The Labute approximate surface area is 165 Å². The molecule has 1 fully saturated rings. The molecule has 146 valence electrons. The largest absolute Gasteiger partial charge is 0.379 e. The minimum atomic E-state index is -0.189. The van der Waals surface area contributed by atoms with Gasteiger partial charge in [0.05, 0.1) is 39.6 Å². The second-order valence-electron chi connectivity index (χ2n) is 6.48. The van der Waals surface area contributed by atoms with Crippen LogP contribution in [0.5, 0.6) is 0 Å². The van der Waals surface area contributed by atoms with Crippen molar-refractivity contribution in [1.29, 1.82) is 0 Å². The molecule has 1 aliphatic heterocycles. The molecule has 2 aromatic rings. The van der Waals surface area contributed by atoms with Crippen molar-refractivity contribution >= 4 is 26.5 Å². The zero-order valence-corrected chi connectivity index (χ0v) is 17.8. The molecule has 0 aliphatic carbocycles. The molecule has 0 aromatic heterocycles. The fourth-order valence-corrected chi connectivity index (χ4v) is 8.45. The van der Waals surface area contributed by atoms with Crippen molar-refractivity contribution in [2.24, 2.45) is 0 Å². The Morgan fingerprint density at radius 1 is 0.444 bits per heavy atom. The van der Waals surface area contributed by atoms with E-state index in [1.807, 2.05) is 0 Å². The van der Waals surface area contributed by atoms with Crippen LogP contribution in [0.4, 0.5) is 0 Å². The summed E-state index contributed by atoms with van der Waals surface area (Å²) in [6.07, 6.45) is 4.79. The van der Waals surface area contributed by atoms with Crippen molar-refractivity contribution in [3.8, 4) is 0 Å². The number of rotatable bonds is 2. The predicted molar refractivity (Wildman–Crippen MR) is 118 cm³/mol. The van der Waals surface area contributed by atoms with E-state index in [1.165, 1.54) is 22.9 Å². The Kier molecular flexibility index (Phi) is 9.76. The third kappa shape index (κ3) is 7.60. The normalized spacial score (nSPS) is 23.9. The first kappa shape index (κ1) is 20.9. The molecule has 0 radical (unpaired) electrons. The molecule has 1 saturated heterocycles. The van der Waals surface area contributed by atoms with Gasteiger partial charge in [-0.3, -0.25) is 0 Å². The molecule has 0 unspecified atom stereocenters. The van der Waals surface area contributed by atoms with Gasteiger partial charge in [0.15, 0.2) is 0 Å². The first-order valence-corrected chi connectivity index (χ1v) is 13.2. The third-order valence-electron chi connectivity index (χ3n) is 4.64. The number of benzene rings is 2. The van der Waals surface area contributed by atoms with Crippen LogP contribution in [0.25, 0.3) is 0 Å². The van der Waals surface area contributed by atoms with E-state index in [4.69, 9.17) is 14.2 Å². The molecular formula is C22H30O3P2. The molecule has 0 N–H and O–H groups in total. The van der Waals surface area contributed by atoms with E-state index in [1.54, 1.807) is 0 Å². The molecule has 0 amide bonds. The molecular weight excluding hydrogens is 374 g/mol. The SMILES string of the molecule is c1ccc([P@@]2CCOCCOCCOCC[P@](c3ccccc3)CC2)cc1. The van der Waals surface area contributed by atoms with Gasteiger partial charge < -0.3 is 14.2 Å². The van der Waals surface area contributed by atoms with Gasteiger partial charge in [0.1, 0.15) is 0 Å². The molecule has 27 heavy (non-hydrogen) atoms. The van der Waals surface area contributed by atoms with Gasteiger partial charge in [-0.05, 0) is 35.3 Å². The Morgan fingerprint density at radius 2 is 0.815 bits per heavy atom. The van der Waals surface area contributed by atoms with Gasteiger partial charge in [-0.1, -0.05) is 76.5 Å². The molecule has 3 nitrogen and oxygen atoms in total. The summed E-state index contributed by atoms with van der Waals surface area (Å²) in [6, 6.07) is 22.0. The Balaban J connectivity index is 1.69. The topological polar surface area (TPSA) is 27.7 Å². The summed E-state index contributed by atoms with van der Waals surface area (Å²) in [5, 5.41) is 2.99. The third-order valence-corrected chi connectivity index (χ3v) is 10.0. The molecule has 2 aromatic carbocycles. The van der Waals surface area contributed by atoms with Crippen LogP contribution in [-0.2, 0) is 14.2 Å². The van der Waals surface area contributed by atoms with Gasteiger partial charge in [-0.15, -0.1) is 0 Å². The van der Waals surface area contributed by atoms with Gasteiger partial charge in [-0.25, -0.2) is 0 Å². The summed E-state index contributed by atoms with van der Waals surface area (Å²) in [7, 11) is -0.379. The summed E-state index contributed by atoms with van der Waals surface area (Å²) in [5.74, 6) is 0. The second kappa shape index (κ2) is 12.6. The van der Waals surface area contributed by atoms with Crippen molar-refractivity contribution in [3.05, 3.63) is 60.7 Å². The van der Waals surface area contributed by atoms with Gasteiger partial charge in [0, 0.05) is 0 Å². The van der Waals surface area contributed by atoms with Crippen LogP contribution in [0.3, 0.4) is 0 Å². The van der Waals surface area contributed by atoms with E-state index in [2.05, 4.69) is 60.7 Å². The fraction of sp³-hybridized carbons (Fsp3) is 0.455. The molecule has 5 heteroatoms. The Bertz CT molecular complexity index is 568. The highest BCUT2D eigenvalue weighted by molar-refractivity contribution is 7.69. The van der Waals surface area contributed by atoms with Crippen LogP contribution in [-0.4, -0.2) is 64.3 Å². The maximum atomic E-state index is 5.83. The highest BCUT2D eigenvalue weighted by atomic mass is 31.1. The smallest absolute Gasteiger partial charge is 0.0701 e. The average molecular weight is 404 g/mol. The van der Waals surface area contributed by atoms with E-state index >= 15 is 0 Å². The molecule has 1 aliphatic rings. The minimum Gasteiger partial charge on any atom is -0.379 e. The lowest BCUT2D eigenvalue weighted by Crippen LogP contribution is -2.15. The van der Waals surface area contributed by atoms with Crippen LogP contribution >= 0.6 is 15.8 Å². The molecule has 0 bridgehead atoms. The van der Waals surface area contributed by atoms with Crippen LogP contribution in [0.15, 0.2) is 60.7 Å². The van der Waals surface area contributed by atoms with Crippen molar-refractivity contribution in [2.45, 2.75) is 0 Å². The lowest BCUT2D eigenvalue weighted by molar-refractivity contribution is 0.0204. The molecule has 0 saturated carbocycles. The van der Waals surface area contributed by atoms with E-state index in [0.29, 0.717) is 26.4 Å². The summed E-state index contributed by atoms with van der Waals surface area (Å²) >= 11 is 0. The average Bonchev–Trinajstić information content (AvgIpc) is 2.74. The fourth-order valence-electron chi connectivity index (χ4n) is 3.15. The molecule has 1 heterocycles. The Hall–Kier alpha value is -0.820. The summed E-state index contributed by atoms with van der Waals surface area (Å²) < 4.78 is 17.3. The zero-order chi connectivity index (χ0) is 18.6. The molecule has 3 rings (SSSR count). The van der Waals surface area contributed by atoms with E-state index in [9.17, 15) is 0 Å². The number of hydrogen-bond donors (Lipinski definition) is 0. The number of ether oxygens (including phenoxy) is 3. The van der Waals surface area contributed by atoms with Crippen molar-refractivity contribution < 1.29 is 14.2 Å². The van der Waals surface area contributed by atoms with Gasteiger partial charge in [-0.2, -0.15) is 0 Å². The minimum absolute atomic E-state index is 0.189. The van der Waals surface area contributed by atoms with Gasteiger partial charge >= 0.3 is 0 Å². The predicted octanol–water partition coefficient (Wildman–Crippen LogP) is 3.66. The van der Waals surface area contributed by atoms with E-state index < -0.39 is 0 Å².